The summed E-state index contributed by atoms with van der Waals surface area (Å²) >= 11 is -1.82. The molecule has 128 valence electrons. The van der Waals surface area contributed by atoms with Gasteiger partial charge < -0.3 is 0 Å². The molecule has 3 heteroatoms. The molecular weight excluding hydrogens is 391 g/mol. The Morgan fingerprint density at radius 2 is 1.00 bits per heavy atom. The summed E-state index contributed by atoms with van der Waals surface area (Å²) < 4.78 is 4.09. The molecule has 2 nitrogen and oxygen atoms in total. The van der Waals surface area contributed by atoms with Crippen LogP contribution in [0.2, 0.25) is 0 Å². The second kappa shape index (κ2) is 6.98. The minimum atomic E-state index is -1.82. The van der Waals surface area contributed by atoms with Crippen molar-refractivity contribution in [2.75, 3.05) is 0 Å². The second-order valence-corrected chi connectivity index (χ2v) is 10.9. The fourth-order valence-corrected chi connectivity index (χ4v) is 8.88. The number of rotatable bonds is 3. The molecule has 0 fully saturated rings. The Bertz CT molecular complexity index is 1150. The topological polar surface area (TPSA) is 25.8 Å². The van der Waals surface area contributed by atoms with Crippen LogP contribution in [0, 0.1) is 0 Å². The second-order valence-electron chi connectivity index (χ2n) is 6.38. The van der Waals surface area contributed by atoms with Crippen LogP contribution in [-0.2, 0) is 0 Å². The molecule has 0 bridgehead atoms. The molecule has 0 aliphatic rings. The number of para-hydroxylation sites is 2. The average molecular weight is 408 g/mol. The van der Waals surface area contributed by atoms with E-state index in [1.165, 1.54) is 23.8 Å². The van der Waals surface area contributed by atoms with Gasteiger partial charge >= 0.3 is 163 Å². The van der Waals surface area contributed by atoms with Gasteiger partial charge in [0.25, 0.3) is 0 Å². The van der Waals surface area contributed by atoms with Crippen molar-refractivity contribution in [1.29, 1.82) is 0 Å². The van der Waals surface area contributed by atoms with Crippen molar-refractivity contribution in [3.8, 4) is 0 Å². The predicted molar refractivity (Wildman–Crippen MR) is 115 cm³/mol. The maximum absolute atomic E-state index is 4.75. The third kappa shape index (κ3) is 2.93. The molecule has 0 N–H and O–H groups in total. The van der Waals surface area contributed by atoms with E-state index in [1.807, 2.05) is 24.5 Å². The number of benzene rings is 3. The molecule has 3 aromatic carbocycles. The predicted octanol–water partition coefficient (Wildman–Crippen LogP) is 3.30. The van der Waals surface area contributed by atoms with Crippen molar-refractivity contribution in [2.24, 2.45) is 0 Å². The van der Waals surface area contributed by atoms with E-state index in [1.54, 1.807) is 0 Å². The first-order chi connectivity index (χ1) is 13.4. The zero-order chi connectivity index (χ0) is 18.1. The summed E-state index contributed by atoms with van der Waals surface area (Å²) in [6.07, 6.45) is 3.79. The van der Waals surface area contributed by atoms with Crippen LogP contribution < -0.4 is 13.1 Å². The van der Waals surface area contributed by atoms with Crippen molar-refractivity contribution in [1.82, 2.24) is 9.97 Å². The van der Waals surface area contributed by atoms with Crippen molar-refractivity contribution in [3.63, 3.8) is 0 Å². The van der Waals surface area contributed by atoms with Crippen molar-refractivity contribution < 1.29 is 0 Å². The number of aromatic nitrogens is 2. The Morgan fingerprint density at radius 1 is 0.481 bits per heavy atom. The zero-order valence-electron chi connectivity index (χ0n) is 14.7. The molecule has 2 aromatic heterocycles. The van der Waals surface area contributed by atoms with E-state index in [2.05, 4.69) is 78.9 Å². The Kier molecular flexibility index (Phi) is 4.20. The van der Waals surface area contributed by atoms with E-state index in [-0.39, 0.29) is 0 Å². The van der Waals surface area contributed by atoms with Crippen LogP contribution in [-0.4, -0.2) is 24.6 Å². The van der Waals surface area contributed by atoms with Gasteiger partial charge in [-0.05, 0) is 0 Å². The monoisotopic (exact) mass is 408 g/mol. The van der Waals surface area contributed by atoms with Crippen LogP contribution >= 0.6 is 0 Å². The molecule has 2 heterocycles. The minimum absolute atomic E-state index is 1.11. The molecule has 0 saturated carbocycles. The fourth-order valence-electron chi connectivity index (χ4n) is 3.52. The van der Waals surface area contributed by atoms with Crippen LogP contribution in [0.4, 0.5) is 0 Å². The van der Waals surface area contributed by atoms with E-state index in [9.17, 15) is 0 Å². The Labute approximate surface area is 162 Å². The third-order valence-corrected chi connectivity index (χ3v) is 9.96. The summed E-state index contributed by atoms with van der Waals surface area (Å²) in [5, 5.41) is 2.39. The normalized spacial score (nSPS) is 11.3. The molecule has 0 aliphatic heterocycles. The zero-order valence-corrected chi connectivity index (χ0v) is 16.5. The number of fused-ring (bicyclic) bond motifs is 2. The summed E-state index contributed by atoms with van der Waals surface area (Å²) in [7, 11) is 0. The molecule has 27 heavy (non-hydrogen) atoms. The van der Waals surface area contributed by atoms with Gasteiger partial charge in [0.05, 0.1) is 0 Å². The van der Waals surface area contributed by atoms with Crippen LogP contribution in [0.25, 0.3) is 21.8 Å². The van der Waals surface area contributed by atoms with Crippen molar-refractivity contribution in [2.45, 2.75) is 0 Å². The third-order valence-electron chi connectivity index (χ3n) is 4.72. The molecule has 5 aromatic rings. The van der Waals surface area contributed by atoms with Gasteiger partial charge in [0.1, 0.15) is 0 Å². The molecule has 0 atom stereocenters. The van der Waals surface area contributed by atoms with Crippen LogP contribution in [0.1, 0.15) is 0 Å². The maximum atomic E-state index is 4.75. The summed E-state index contributed by atoms with van der Waals surface area (Å²) in [4.78, 5) is 9.50. The van der Waals surface area contributed by atoms with Crippen molar-refractivity contribution in [3.05, 3.63) is 103 Å². The molecule has 0 radical (unpaired) electrons. The van der Waals surface area contributed by atoms with Gasteiger partial charge in [-0.3, -0.25) is 0 Å². The van der Waals surface area contributed by atoms with Gasteiger partial charge in [-0.15, -0.1) is 0 Å². The van der Waals surface area contributed by atoms with Crippen LogP contribution in [0.15, 0.2) is 103 Å². The number of nitrogens with zero attached hydrogens (tertiary/aromatic N) is 2. The van der Waals surface area contributed by atoms with E-state index < -0.39 is 14.7 Å². The molecule has 0 aliphatic carbocycles. The molecule has 5 rings (SSSR count). The molecule has 0 saturated heterocycles. The number of pyridine rings is 2. The quantitative estimate of drug-likeness (QED) is 0.428. The van der Waals surface area contributed by atoms with Crippen LogP contribution in [0.5, 0.6) is 0 Å². The SMILES string of the molecule is c1ccc([As](c2cccc3cccnc23)c2cccc3cccnc23)cc1. The van der Waals surface area contributed by atoms with Crippen molar-refractivity contribution >= 4 is 49.5 Å². The number of hydrogen-bond acceptors (Lipinski definition) is 2. The average Bonchev–Trinajstić information content (AvgIpc) is 2.75. The molecule has 0 unspecified atom stereocenters. The first kappa shape index (κ1) is 16.2. The van der Waals surface area contributed by atoms with Gasteiger partial charge in [-0.2, -0.15) is 0 Å². The van der Waals surface area contributed by atoms with E-state index >= 15 is 0 Å². The number of hydrogen-bond donors (Lipinski definition) is 0. The summed E-state index contributed by atoms with van der Waals surface area (Å²) in [6, 6.07) is 32.3. The Morgan fingerprint density at radius 3 is 1.56 bits per heavy atom. The summed E-state index contributed by atoms with van der Waals surface area (Å²) in [5.74, 6) is 0. The van der Waals surface area contributed by atoms with Crippen LogP contribution in [0.3, 0.4) is 0 Å². The Hall–Kier alpha value is -2.96. The standard InChI is InChI=1S/C24H17AsN2/c1-2-12-20(13-3-1)25(21-14-4-8-18-10-6-16-26-23(18)21)22-15-5-9-19-11-7-17-27-24(19)22/h1-17H. The van der Waals surface area contributed by atoms with Gasteiger partial charge in [-0.1, -0.05) is 0 Å². The van der Waals surface area contributed by atoms with Gasteiger partial charge in [0.2, 0.25) is 0 Å². The fraction of sp³-hybridized carbons (Fsp3) is 0. The molecular formula is C24H17AsN2. The van der Waals surface area contributed by atoms with Gasteiger partial charge in [0.15, 0.2) is 0 Å². The van der Waals surface area contributed by atoms with E-state index in [0.717, 1.165) is 11.0 Å². The van der Waals surface area contributed by atoms with Gasteiger partial charge in [-0.25, -0.2) is 0 Å². The first-order valence-electron chi connectivity index (χ1n) is 8.94. The molecule has 0 amide bonds. The first-order valence-corrected chi connectivity index (χ1v) is 11.8. The summed E-state index contributed by atoms with van der Waals surface area (Å²) in [6.45, 7) is 0. The molecule has 0 spiro atoms. The van der Waals surface area contributed by atoms with Gasteiger partial charge in [0, 0.05) is 0 Å². The van der Waals surface area contributed by atoms with E-state index in [0.29, 0.717) is 0 Å². The summed E-state index contributed by atoms with van der Waals surface area (Å²) in [5.41, 5.74) is 2.22. The van der Waals surface area contributed by atoms with E-state index in [4.69, 9.17) is 9.97 Å². The Balaban J connectivity index is 1.85.